The first-order chi connectivity index (χ1) is 7.39. The smallest absolute Gasteiger partial charge is 0.303 e. The van der Waals surface area contributed by atoms with E-state index >= 15 is 0 Å². The van der Waals surface area contributed by atoms with Crippen LogP contribution in [0.2, 0.25) is 0 Å². The minimum Gasteiger partial charge on any atom is -0.481 e. The normalized spacial score (nSPS) is 11.4. The average Bonchev–Trinajstić information content (AvgIpc) is 2.14. The molecule has 0 unspecified atom stereocenters. The molecule has 0 aliphatic carbocycles. The SMILES string of the molecule is CC(C)(CCC(=O)O)Cc1cccc(F)c1. The number of hydrogen-bond donors (Lipinski definition) is 1. The number of benzene rings is 1. The first-order valence-electron chi connectivity index (χ1n) is 5.35. The third kappa shape index (κ3) is 4.43. The van der Waals surface area contributed by atoms with E-state index < -0.39 is 5.97 Å². The molecule has 0 aliphatic rings. The summed E-state index contributed by atoms with van der Waals surface area (Å²) < 4.78 is 13.0. The van der Waals surface area contributed by atoms with Crippen LogP contribution in [-0.4, -0.2) is 11.1 Å². The first-order valence-corrected chi connectivity index (χ1v) is 5.35. The predicted octanol–water partition coefficient (Wildman–Crippen LogP) is 3.26. The van der Waals surface area contributed by atoms with Gasteiger partial charge in [-0.05, 0) is 36.0 Å². The van der Waals surface area contributed by atoms with Gasteiger partial charge in [-0.15, -0.1) is 0 Å². The molecule has 0 saturated heterocycles. The van der Waals surface area contributed by atoms with E-state index in [2.05, 4.69) is 0 Å². The Labute approximate surface area is 95.1 Å². The summed E-state index contributed by atoms with van der Waals surface area (Å²) in [6.07, 6.45) is 1.44. The lowest BCUT2D eigenvalue weighted by Gasteiger charge is -2.23. The Bertz CT molecular complexity index is 372. The van der Waals surface area contributed by atoms with Gasteiger partial charge in [-0.1, -0.05) is 26.0 Å². The Morgan fingerprint density at radius 2 is 2.12 bits per heavy atom. The Balaban J connectivity index is 2.61. The van der Waals surface area contributed by atoms with Crippen LogP contribution in [-0.2, 0) is 11.2 Å². The minimum atomic E-state index is -0.785. The summed E-state index contributed by atoms with van der Waals surface area (Å²) in [5.74, 6) is -1.03. The van der Waals surface area contributed by atoms with Crippen LogP contribution in [0.1, 0.15) is 32.3 Å². The average molecular weight is 224 g/mol. The number of aliphatic carboxylic acids is 1. The van der Waals surface area contributed by atoms with Crippen LogP contribution in [0, 0.1) is 11.2 Å². The number of carboxylic acids is 1. The summed E-state index contributed by atoms with van der Waals surface area (Å²) in [4.78, 5) is 10.5. The Morgan fingerprint density at radius 3 is 2.69 bits per heavy atom. The molecule has 1 rings (SSSR count). The third-order valence-corrected chi connectivity index (χ3v) is 2.59. The first kappa shape index (κ1) is 12.7. The maximum atomic E-state index is 13.0. The lowest BCUT2D eigenvalue weighted by molar-refractivity contribution is -0.137. The van der Waals surface area contributed by atoms with Crippen molar-refractivity contribution in [3.63, 3.8) is 0 Å². The van der Waals surface area contributed by atoms with Crippen LogP contribution < -0.4 is 0 Å². The van der Waals surface area contributed by atoms with Gasteiger partial charge in [-0.3, -0.25) is 4.79 Å². The number of hydrogen-bond acceptors (Lipinski definition) is 1. The molecule has 0 aliphatic heterocycles. The zero-order valence-corrected chi connectivity index (χ0v) is 9.66. The van der Waals surface area contributed by atoms with Gasteiger partial charge in [0.25, 0.3) is 0 Å². The highest BCUT2D eigenvalue weighted by Crippen LogP contribution is 2.27. The quantitative estimate of drug-likeness (QED) is 0.833. The highest BCUT2D eigenvalue weighted by atomic mass is 19.1. The highest BCUT2D eigenvalue weighted by molar-refractivity contribution is 5.66. The van der Waals surface area contributed by atoms with Gasteiger partial charge in [-0.25, -0.2) is 4.39 Å². The van der Waals surface area contributed by atoms with Crippen molar-refractivity contribution in [3.8, 4) is 0 Å². The second-order valence-corrected chi connectivity index (χ2v) is 4.86. The molecule has 2 nitrogen and oxygen atoms in total. The maximum Gasteiger partial charge on any atom is 0.303 e. The van der Waals surface area contributed by atoms with Crippen molar-refractivity contribution in [2.75, 3.05) is 0 Å². The molecule has 16 heavy (non-hydrogen) atoms. The van der Waals surface area contributed by atoms with Crippen molar-refractivity contribution < 1.29 is 14.3 Å². The van der Waals surface area contributed by atoms with Gasteiger partial charge in [0.05, 0.1) is 0 Å². The Kier molecular flexibility index (Phi) is 4.05. The minimum absolute atomic E-state index is 0.119. The molecular formula is C13H17FO2. The lowest BCUT2D eigenvalue weighted by atomic mass is 9.81. The van der Waals surface area contributed by atoms with E-state index in [0.717, 1.165) is 5.56 Å². The van der Waals surface area contributed by atoms with E-state index in [4.69, 9.17) is 5.11 Å². The van der Waals surface area contributed by atoms with Crippen molar-refractivity contribution in [3.05, 3.63) is 35.6 Å². The van der Waals surface area contributed by atoms with Crippen molar-refractivity contribution in [2.45, 2.75) is 33.1 Å². The number of rotatable bonds is 5. The van der Waals surface area contributed by atoms with Gasteiger partial charge >= 0.3 is 5.97 Å². The van der Waals surface area contributed by atoms with Crippen LogP contribution in [0.4, 0.5) is 4.39 Å². The summed E-state index contributed by atoms with van der Waals surface area (Å²) in [7, 11) is 0. The standard InChI is InChI=1S/C13H17FO2/c1-13(2,7-6-12(15)16)9-10-4-3-5-11(14)8-10/h3-5,8H,6-7,9H2,1-2H3,(H,15,16). The Morgan fingerprint density at radius 1 is 1.44 bits per heavy atom. The highest BCUT2D eigenvalue weighted by Gasteiger charge is 2.19. The summed E-state index contributed by atoms with van der Waals surface area (Å²) in [5, 5.41) is 8.63. The number of carboxylic acid groups (broad SMARTS) is 1. The van der Waals surface area contributed by atoms with Gasteiger partial charge in [0.2, 0.25) is 0 Å². The molecule has 0 fully saturated rings. The van der Waals surface area contributed by atoms with Gasteiger partial charge < -0.3 is 5.11 Å². The van der Waals surface area contributed by atoms with Crippen LogP contribution in [0.15, 0.2) is 24.3 Å². The van der Waals surface area contributed by atoms with Gasteiger partial charge in [0.15, 0.2) is 0 Å². The fraction of sp³-hybridized carbons (Fsp3) is 0.462. The maximum absolute atomic E-state index is 13.0. The summed E-state index contributed by atoms with van der Waals surface area (Å²) in [6, 6.07) is 6.46. The molecule has 0 radical (unpaired) electrons. The van der Waals surface area contributed by atoms with Gasteiger partial charge in [0.1, 0.15) is 5.82 Å². The third-order valence-electron chi connectivity index (χ3n) is 2.59. The second-order valence-electron chi connectivity index (χ2n) is 4.86. The molecular weight excluding hydrogens is 207 g/mol. The molecule has 0 atom stereocenters. The van der Waals surface area contributed by atoms with Crippen LogP contribution in [0.5, 0.6) is 0 Å². The molecule has 1 aromatic rings. The van der Waals surface area contributed by atoms with Crippen LogP contribution >= 0.6 is 0 Å². The van der Waals surface area contributed by atoms with Crippen molar-refractivity contribution in [2.24, 2.45) is 5.41 Å². The molecule has 1 N–H and O–H groups in total. The van der Waals surface area contributed by atoms with Crippen molar-refractivity contribution >= 4 is 5.97 Å². The largest absolute Gasteiger partial charge is 0.481 e. The fourth-order valence-corrected chi connectivity index (χ4v) is 1.73. The number of carbonyl (C=O) groups is 1. The zero-order chi connectivity index (χ0) is 12.2. The molecule has 1 aromatic carbocycles. The summed E-state index contributed by atoms with van der Waals surface area (Å²) in [6.45, 7) is 4.00. The van der Waals surface area contributed by atoms with E-state index in [1.54, 1.807) is 6.07 Å². The molecule has 3 heteroatoms. The molecule has 0 saturated carbocycles. The van der Waals surface area contributed by atoms with E-state index in [-0.39, 0.29) is 17.7 Å². The topological polar surface area (TPSA) is 37.3 Å². The lowest BCUT2D eigenvalue weighted by Crippen LogP contribution is -2.16. The molecule has 0 heterocycles. The van der Waals surface area contributed by atoms with Crippen molar-refractivity contribution in [1.82, 2.24) is 0 Å². The monoisotopic (exact) mass is 224 g/mol. The molecule has 0 amide bonds. The van der Waals surface area contributed by atoms with Crippen molar-refractivity contribution in [1.29, 1.82) is 0 Å². The second kappa shape index (κ2) is 5.10. The van der Waals surface area contributed by atoms with Crippen LogP contribution in [0.25, 0.3) is 0 Å². The summed E-state index contributed by atoms with van der Waals surface area (Å²) in [5.41, 5.74) is 0.794. The Hall–Kier alpha value is -1.38. The van der Waals surface area contributed by atoms with Crippen LogP contribution in [0.3, 0.4) is 0 Å². The van der Waals surface area contributed by atoms with Gasteiger partial charge in [-0.2, -0.15) is 0 Å². The fourth-order valence-electron chi connectivity index (χ4n) is 1.73. The van der Waals surface area contributed by atoms with Gasteiger partial charge in [0, 0.05) is 6.42 Å². The molecule has 88 valence electrons. The van der Waals surface area contributed by atoms with E-state index in [1.165, 1.54) is 12.1 Å². The molecule has 0 bridgehead atoms. The zero-order valence-electron chi connectivity index (χ0n) is 9.66. The van der Waals surface area contributed by atoms with E-state index in [9.17, 15) is 9.18 Å². The molecule has 0 aromatic heterocycles. The van der Waals surface area contributed by atoms with E-state index in [1.807, 2.05) is 19.9 Å². The van der Waals surface area contributed by atoms with E-state index in [0.29, 0.717) is 12.8 Å². The predicted molar refractivity (Wildman–Crippen MR) is 60.8 cm³/mol. The number of halogens is 1. The summed E-state index contributed by atoms with van der Waals surface area (Å²) >= 11 is 0. The molecule has 0 spiro atoms.